The number of aliphatic imine (C=N–C) groups is 1. The van der Waals surface area contributed by atoms with Crippen molar-refractivity contribution in [1.82, 2.24) is 0 Å². The Bertz CT molecular complexity index is 564. The minimum Gasteiger partial charge on any atom is -0.290 e. The molecule has 0 aromatic heterocycles. The summed E-state index contributed by atoms with van der Waals surface area (Å²) in [6, 6.07) is 22.1. The second-order valence-corrected chi connectivity index (χ2v) is 5.62. The van der Waals surface area contributed by atoms with Gasteiger partial charge in [0.05, 0.1) is 5.41 Å². The molecule has 1 aliphatic heterocycles. The average Bonchev–Trinajstić information content (AvgIpc) is 2.87. The molecule has 21 heavy (non-hydrogen) atoms. The number of hydrogen-bond donors (Lipinski definition) is 0. The summed E-state index contributed by atoms with van der Waals surface area (Å²) in [5.41, 5.74) is 4.03. The SMILES string of the molecule is CCC1=N[C@H](C)CC1(c1ccccc1)c1ccccc1.Cl. The van der Waals surface area contributed by atoms with Gasteiger partial charge < -0.3 is 0 Å². The summed E-state index contributed by atoms with van der Waals surface area (Å²) in [5.74, 6) is 0. The van der Waals surface area contributed by atoms with Crippen LogP contribution in [0, 0.1) is 0 Å². The molecule has 0 aliphatic carbocycles. The van der Waals surface area contributed by atoms with Crippen molar-refractivity contribution in [3.8, 4) is 0 Å². The maximum Gasteiger partial charge on any atom is 0.0600 e. The largest absolute Gasteiger partial charge is 0.290 e. The second kappa shape index (κ2) is 6.44. The van der Waals surface area contributed by atoms with Gasteiger partial charge in [0.25, 0.3) is 0 Å². The van der Waals surface area contributed by atoms with Gasteiger partial charge in [-0.1, -0.05) is 67.6 Å². The number of halogens is 1. The highest BCUT2D eigenvalue weighted by molar-refractivity contribution is 5.99. The number of nitrogens with zero attached hydrogens (tertiary/aromatic N) is 1. The molecule has 0 amide bonds. The fourth-order valence-corrected chi connectivity index (χ4v) is 3.56. The van der Waals surface area contributed by atoms with Crippen molar-refractivity contribution in [3.05, 3.63) is 71.8 Å². The van der Waals surface area contributed by atoms with E-state index in [1.165, 1.54) is 16.8 Å². The molecule has 1 heterocycles. The molecule has 0 bridgehead atoms. The van der Waals surface area contributed by atoms with Crippen molar-refractivity contribution >= 4 is 18.1 Å². The minimum absolute atomic E-state index is 0. The molecule has 3 rings (SSSR count). The molecule has 2 heteroatoms. The zero-order valence-electron chi connectivity index (χ0n) is 12.6. The smallest absolute Gasteiger partial charge is 0.0600 e. The van der Waals surface area contributed by atoms with E-state index in [1.807, 2.05) is 0 Å². The first-order valence-corrected chi connectivity index (χ1v) is 7.45. The molecule has 0 radical (unpaired) electrons. The van der Waals surface area contributed by atoms with Crippen molar-refractivity contribution in [1.29, 1.82) is 0 Å². The number of benzene rings is 2. The lowest BCUT2D eigenvalue weighted by atomic mass is 9.68. The molecule has 110 valence electrons. The minimum atomic E-state index is -0.0311. The van der Waals surface area contributed by atoms with Crippen LogP contribution >= 0.6 is 12.4 Å². The first-order valence-electron chi connectivity index (χ1n) is 7.45. The predicted octanol–water partition coefficient (Wildman–Crippen LogP) is 5.04. The molecule has 0 unspecified atom stereocenters. The second-order valence-electron chi connectivity index (χ2n) is 5.62. The highest BCUT2D eigenvalue weighted by Crippen LogP contribution is 2.43. The third kappa shape index (κ3) is 2.63. The van der Waals surface area contributed by atoms with E-state index in [0.717, 1.165) is 12.8 Å². The first kappa shape index (κ1) is 15.8. The van der Waals surface area contributed by atoms with E-state index in [2.05, 4.69) is 74.5 Å². The highest BCUT2D eigenvalue weighted by Gasteiger charge is 2.43. The summed E-state index contributed by atoms with van der Waals surface area (Å²) >= 11 is 0. The van der Waals surface area contributed by atoms with E-state index in [-0.39, 0.29) is 17.8 Å². The number of rotatable bonds is 3. The van der Waals surface area contributed by atoms with Crippen LogP contribution in [0.1, 0.15) is 37.8 Å². The predicted molar refractivity (Wildman–Crippen MR) is 92.7 cm³/mol. The van der Waals surface area contributed by atoms with Gasteiger partial charge in [-0.3, -0.25) is 4.99 Å². The third-order valence-corrected chi connectivity index (χ3v) is 4.34. The first-order chi connectivity index (χ1) is 9.77. The van der Waals surface area contributed by atoms with Gasteiger partial charge in [-0.2, -0.15) is 0 Å². The summed E-state index contributed by atoms with van der Waals surface area (Å²) in [6.07, 6.45) is 2.08. The van der Waals surface area contributed by atoms with E-state index >= 15 is 0 Å². The summed E-state index contributed by atoms with van der Waals surface area (Å²) in [7, 11) is 0. The quantitative estimate of drug-likeness (QED) is 0.753. The monoisotopic (exact) mass is 299 g/mol. The van der Waals surface area contributed by atoms with Gasteiger partial charge in [0.2, 0.25) is 0 Å². The van der Waals surface area contributed by atoms with Crippen LogP contribution in [-0.2, 0) is 5.41 Å². The lowest BCUT2D eigenvalue weighted by Gasteiger charge is -2.32. The van der Waals surface area contributed by atoms with Gasteiger partial charge in [0.15, 0.2) is 0 Å². The van der Waals surface area contributed by atoms with E-state index in [9.17, 15) is 0 Å². The molecule has 1 atom stereocenters. The summed E-state index contributed by atoms with van der Waals surface area (Å²) in [4.78, 5) is 4.93. The van der Waals surface area contributed by atoms with Crippen LogP contribution in [0.3, 0.4) is 0 Å². The Labute approximate surface area is 133 Å². The van der Waals surface area contributed by atoms with Gasteiger partial charge in [-0.15, -0.1) is 12.4 Å². The summed E-state index contributed by atoms with van der Waals surface area (Å²) < 4.78 is 0. The van der Waals surface area contributed by atoms with E-state index in [4.69, 9.17) is 4.99 Å². The molecule has 2 aromatic rings. The fourth-order valence-electron chi connectivity index (χ4n) is 3.56. The van der Waals surface area contributed by atoms with Crippen molar-refractivity contribution < 1.29 is 0 Å². The molecule has 0 fully saturated rings. The van der Waals surface area contributed by atoms with E-state index in [1.54, 1.807) is 0 Å². The molecule has 1 aliphatic rings. The molecular weight excluding hydrogens is 278 g/mol. The van der Waals surface area contributed by atoms with Crippen molar-refractivity contribution in [2.75, 3.05) is 0 Å². The molecule has 2 aromatic carbocycles. The van der Waals surface area contributed by atoms with Gasteiger partial charge in [0.1, 0.15) is 0 Å². The summed E-state index contributed by atoms with van der Waals surface area (Å²) in [5, 5.41) is 0. The van der Waals surface area contributed by atoms with Crippen molar-refractivity contribution in [2.45, 2.75) is 38.1 Å². The Morgan fingerprint density at radius 3 is 1.86 bits per heavy atom. The standard InChI is InChI=1S/C19H21N.ClH/c1-3-18-19(14-15(2)20-18,16-10-6-4-7-11-16)17-12-8-5-9-13-17;/h4-13,15H,3,14H2,1-2H3;1H/t15-;/m1./s1. The van der Waals surface area contributed by atoms with Crippen molar-refractivity contribution in [3.63, 3.8) is 0 Å². The zero-order chi connectivity index (χ0) is 14.0. The zero-order valence-corrected chi connectivity index (χ0v) is 13.4. The Hall–Kier alpha value is -1.60. The van der Waals surface area contributed by atoms with Crippen LogP contribution in [0.15, 0.2) is 65.7 Å². The summed E-state index contributed by atoms with van der Waals surface area (Å²) in [6.45, 7) is 4.45. The van der Waals surface area contributed by atoms with Gasteiger partial charge in [-0.05, 0) is 30.9 Å². The maximum atomic E-state index is 4.93. The Morgan fingerprint density at radius 2 is 1.43 bits per heavy atom. The molecule has 1 nitrogen and oxygen atoms in total. The van der Waals surface area contributed by atoms with Gasteiger partial charge >= 0.3 is 0 Å². The topological polar surface area (TPSA) is 12.4 Å². The normalized spacial score (nSPS) is 19.7. The van der Waals surface area contributed by atoms with Crippen molar-refractivity contribution in [2.24, 2.45) is 4.99 Å². The van der Waals surface area contributed by atoms with E-state index in [0.29, 0.717) is 6.04 Å². The van der Waals surface area contributed by atoms with Gasteiger partial charge in [0, 0.05) is 11.8 Å². The van der Waals surface area contributed by atoms with Crippen LogP contribution in [0.2, 0.25) is 0 Å². The van der Waals surface area contributed by atoms with Crippen LogP contribution in [0.25, 0.3) is 0 Å². The van der Waals surface area contributed by atoms with Crippen LogP contribution in [0.5, 0.6) is 0 Å². The third-order valence-electron chi connectivity index (χ3n) is 4.34. The molecule has 0 saturated heterocycles. The van der Waals surface area contributed by atoms with Crippen LogP contribution < -0.4 is 0 Å². The lowest BCUT2D eigenvalue weighted by Crippen LogP contribution is -2.34. The highest BCUT2D eigenvalue weighted by atomic mass is 35.5. The fraction of sp³-hybridized carbons (Fsp3) is 0.316. The maximum absolute atomic E-state index is 4.93. The Morgan fingerprint density at radius 1 is 0.952 bits per heavy atom. The van der Waals surface area contributed by atoms with E-state index < -0.39 is 0 Å². The lowest BCUT2D eigenvalue weighted by molar-refractivity contribution is 0.591. The van der Waals surface area contributed by atoms with Crippen LogP contribution in [-0.4, -0.2) is 11.8 Å². The molecule has 0 N–H and O–H groups in total. The Kier molecular flexibility index (Phi) is 4.84. The number of hydrogen-bond acceptors (Lipinski definition) is 1. The molecular formula is C19H22ClN. The molecule has 0 spiro atoms. The average molecular weight is 300 g/mol. The van der Waals surface area contributed by atoms with Gasteiger partial charge in [-0.25, -0.2) is 0 Å². The Balaban J connectivity index is 0.00000161. The van der Waals surface area contributed by atoms with Crippen LogP contribution in [0.4, 0.5) is 0 Å². The molecule has 0 saturated carbocycles.